The van der Waals surface area contributed by atoms with E-state index in [9.17, 15) is 4.79 Å². The number of thiol groups is 1. The van der Waals surface area contributed by atoms with E-state index in [4.69, 9.17) is 9.72 Å². The Bertz CT molecular complexity index is 893. The zero-order valence-corrected chi connectivity index (χ0v) is 16.8. The minimum atomic E-state index is -0.906. The topological polar surface area (TPSA) is 58.6 Å². The van der Waals surface area contributed by atoms with Crippen molar-refractivity contribution >= 4 is 23.1 Å². The van der Waals surface area contributed by atoms with Crippen molar-refractivity contribution < 1.29 is 9.53 Å². The quantitative estimate of drug-likeness (QED) is 0.599. The van der Waals surface area contributed by atoms with Gasteiger partial charge in [-0.05, 0) is 24.1 Å². The van der Waals surface area contributed by atoms with Crippen LogP contribution in [0.2, 0.25) is 0 Å². The number of benzene rings is 1. The monoisotopic (exact) mass is 396 g/mol. The van der Waals surface area contributed by atoms with E-state index in [1.807, 2.05) is 54.1 Å². The number of carbonyl (C=O) groups is 1. The van der Waals surface area contributed by atoms with Crippen molar-refractivity contribution in [2.75, 3.05) is 38.1 Å². The molecule has 0 aliphatic carbocycles. The third kappa shape index (κ3) is 4.10. The van der Waals surface area contributed by atoms with Crippen molar-refractivity contribution in [3.8, 4) is 5.88 Å². The maximum Gasteiger partial charge on any atom is 0.231 e. The minimum Gasteiger partial charge on any atom is -0.472 e. The Hall–Kier alpha value is -2.64. The number of aldehydes is 1. The lowest BCUT2D eigenvalue weighted by atomic mass is 10.2. The van der Waals surface area contributed by atoms with Gasteiger partial charge < -0.3 is 14.5 Å². The van der Waals surface area contributed by atoms with Gasteiger partial charge in [0.25, 0.3) is 0 Å². The van der Waals surface area contributed by atoms with Gasteiger partial charge in [0.05, 0.1) is 4.90 Å². The highest BCUT2D eigenvalue weighted by molar-refractivity contribution is 8.23. The van der Waals surface area contributed by atoms with E-state index in [0.29, 0.717) is 18.4 Å². The maximum absolute atomic E-state index is 11.4. The molecule has 7 heteroatoms. The van der Waals surface area contributed by atoms with Crippen LogP contribution < -0.4 is 9.64 Å². The third-order valence-electron chi connectivity index (χ3n) is 4.89. The fourth-order valence-electron chi connectivity index (χ4n) is 3.22. The van der Waals surface area contributed by atoms with Gasteiger partial charge >= 0.3 is 0 Å². The number of nitrogens with zero attached hydrogens (tertiary/aromatic N) is 4. The molecule has 1 fully saturated rings. The van der Waals surface area contributed by atoms with E-state index >= 15 is 0 Å². The lowest BCUT2D eigenvalue weighted by Gasteiger charge is -2.32. The van der Waals surface area contributed by atoms with E-state index in [0.717, 1.165) is 47.8 Å². The lowest BCUT2D eigenvalue weighted by Crippen LogP contribution is -2.45. The fourth-order valence-corrected chi connectivity index (χ4v) is 4.95. The number of anilines is 1. The summed E-state index contributed by atoms with van der Waals surface area (Å²) in [6.07, 6.45) is 6.53. The Labute approximate surface area is 167 Å². The zero-order chi connectivity index (χ0) is 19.3. The van der Waals surface area contributed by atoms with Crippen LogP contribution in [0.3, 0.4) is 0 Å². The molecule has 0 N–H and O–H groups in total. The average Bonchev–Trinajstić information content (AvgIpc) is 3.22. The van der Waals surface area contributed by atoms with E-state index in [-0.39, 0.29) is 0 Å². The number of rotatable bonds is 6. The number of aromatic nitrogens is 2. The first-order valence-corrected chi connectivity index (χ1v) is 10.8. The Kier molecular flexibility index (Phi) is 5.73. The Morgan fingerprint density at radius 3 is 2.71 bits per heavy atom. The molecule has 2 aliphatic rings. The van der Waals surface area contributed by atoms with Crippen molar-refractivity contribution in [3.63, 3.8) is 0 Å². The van der Waals surface area contributed by atoms with E-state index in [1.165, 1.54) is 0 Å². The second-order valence-electron chi connectivity index (χ2n) is 6.85. The number of ether oxygens (including phenoxy) is 1. The van der Waals surface area contributed by atoms with Gasteiger partial charge in [-0.3, -0.25) is 4.79 Å². The van der Waals surface area contributed by atoms with Crippen LogP contribution in [-0.4, -0.2) is 54.4 Å². The van der Waals surface area contributed by atoms with E-state index in [2.05, 4.69) is 21.8 Å². The third-order valence-corrected chi connectivity index (χ3v) is 6.99. The molecule has 0 bridgehead atoms. The second kappa shape index (κ2) is 8.58. The molecular weight excluding hydrogens is 372 g/mol. The molecule has 0 spiro atoms. The number of allylic oxidation sites excluding steroid dienone is 3. The van der Waals surface area contributed by atoms with Crippen LogP contribution in [0.25, 0.3) is 0 Å². The van der Waals surface area contributed by atoms with Gasteiger partial charge in [-0.2, -0.15) is 15.9 Å². The SMILES string of the molecule is CN1CCN(c2ncc([SH]3C=CC=C3C=O)c(OCc3ccccc3)n2)CC1. The largest absolute Gasteiger partial charge is 0.472 e. The van der Waals surface area contributed by atoms with Crippen LogP contribution >= 0.6 is 10.9 Å². The predicted octanol–water partition coefficient (Wildman–Crippen LogP) is 2.78. The van der Waals surface area contributed by atoms with Crippen LogP contribution in [0.5, 0.6) is 5.88 Å². The summed E-state index contributed by atoms with van der Waals surface area (Å²) in [6.45, 7) is 4.18. The molecular formula is C21H24N4O2S. The summed E-state index contributed by atoms with van der Waals surface area (Å²) in [7, 11) is 1.22. The van der Waals surface area contributed by atoms with Gasteiger partial charge in [0.2, 0.25) is 11.8 Å². The molecule has 4 rings (SSSR count). The molecule has 1 aromatic carbocycles. The van der Waals surface area contributed by atoms with Crippen LogP contribution in [0.15, 0.2) is 63.9 Å². The van der Waals surface area contributed by atoms with Crippen LogP contribution in [-0.2, 0) is 11.4 Å². The summed E-state index contributed by atoms with van der Waals surface area (Å²) >= 11 is 0. The van der Waals surface area contributed by atoms with E-state index < -0.39 is 10.9 Å². The molecule has 2 aromatic rings. The lowest BCUT2D eigenvalue weighted by molar-refractivity contribution is -0.104. The molecule has 146 valence electrons. The molecule has 28 heavy (non-hydrogen) atoms. The predicted molar refractivity (Wildman–Crippen MR) is 113 cm³/mol. The molecule has 1 aromatic heterocycles. The molecule has 0 radical (unpaired) electrons. The molecule has 1 unspecified atom stereocenters. The van der Waals surface area contributed by atoms with Gasteiger partial charge in [-0.15, -0.1) is 0 Å². The summed E-state index contributed by atoms with van der Waals surface area (Å²) in [6, 6.07) is 10.0. The zero-order valence-electron chi connectivity index (χ0n) is 15.9. The van der Waals surface area contributed by atoms with Crippen LogP contribution in [0.1, 0.15) is 5.56 Å². The van der Waals surface area contributed by atoms with Crippen molar-refractivity contribution in [3.05, 3.63) is 64.6 Å². The number of hydrogen-bond donors (Lipinski definition) is 1. The normalized spacial score (nSPS) is 20.8. The molecule has 1 saturated heterocycles. The Balaban J connectivity index is 1.62. The summed E-state index contributed by atoms with van der Waals surface area (Å²) in [5.74, 6) is 1.26. The molecule has 0 amide bonds. The number of likely N-dealkylation sites (N-methyl/N-ethyl adjacent to an activating group) is 1. The Morgan fingerprint density at radius 1 is 1.18 bits per heavy atom. The Morgan fingerprint density at radius 2 is 1.96 bits per heavy atom. The van der Waals surface area contributed by atoms with Gasteiger partial charge in [0, 0.05) is 37.3 Å². The first-order valence-electron chi connectivity index (χ1n) is 9.35. The first kappa shape index (κ1) is 18.7. The maximum atomic E-state index is 11.4. The number of piperazine rings is 1. The highest BCUT2D eigenvalue weighted by atomic mass is 32.2. The minimum absolute atomic E-state index is 0.431. The standard InChI is InChI=1S/C21H24N4O2S/c1-24-9-11-25(12-10-24)21-22-14-19(28-13-5-8-18(28)15-26)20(23-21)27-16-17-6-3-2-4-7-17/h2-8,13-15,28H,9-12,16H2,1H3. The van der Waals surface area contributed by atoms with Gasteiger partial charge in [0.15, 0.2) is 6.29 Å². The summed E-state index contributed by atoms with van der Waals surface area (Å²) in [5, 5.41) is 2.04. The van der Waals surface area contributed by atoms with Crippen molar-refractivity contribution in [2.24, 2.45) is 0 Å². The van der Waals surface area contributed by atoms with Gasteiger partial charge in [-0.1, -0.05) is 36.4 Å². The van der Waals surface area contributed by atoms with Crippen molar-refractivity contribution in [1.82, 2.24) is 14.9 Å². The molecule has 0 saturated carbocycles. The molecule has 2 aliphatic heterocycles. The summed E-state index contributed by atoms with van der Waals surface area (Å²) in [5.41, 5.74) is 1.08. The summed E-state index contributed by atoms with van der Waals surface area (Å²) < 4.78 is 6.13. The highest BCUT2D eigenvalue weighted by Crippen LogP contribution is 2.50. The fraction of sp³-hybridized carbons (Fsp3) is 0.286. The van der Waals surface area contributed by atoms with Crippen molar-refractivity contribution in [1.29, 1.82) is 0 Å². The van der Waals surface area contributed by atoms with Gasteiger partial charge in [0.1, 0.15) is 6.61 Å². The van der Waals surface area contributed by atoms with Gasteiger partial charge in [-0.25, -0.2) is 4.98 Å². The molecule has 3 heterocycles. The van der Waals surface area contributed by atoms with Crippen LogP contribution in [0.4, 0.5) is 5.95 Å². The highest BCUT2D eigenvalue weighted by Gasteiger charge is 2.22. The second-order valence-corrected chi connectivity index (χ2v) is 8.88. The van der Waals surface area contributed by atoms with Crippen molar-refractivity contribution in [2.45, 2.75) is 11.5 Å². The average molecular weight is 397 g/mol. The van der Waals surface area contributed by atoms with Crippen LogP contribution in [0, 0.1) is 0 Å². The number of hydrogen-bond acceptors (Lipinski definition) is 6. The van der Waals surface area contributed by atoms with E-state index in [1.54, 1.807) is 0 Å². The molecule has 1 atom stereocenters. The first-order chi connectivity index (χ1) is 13.7. The summed E-state index contributed by atoms with van der Waals surface area (Å²) in [4.78, 5) is 26.9. The smallest absolute Gasteiger partial charge is 0.231 e. The molecule has 6 nitrogen and oxygen atoms in total. The number of carbonyl (C=O) groups excluding carboxylic acids is 1.